The molecule has 5 nitrogen and oxygen atoms in total. The van der Waals surface area contributed by atoms with E-state index in [4.69, 9.17) is 5.73 Å². The number of pyridine rings is 1. The van der Waals surface area contributed by atoms with Crippen LogP contribution in [0.2, 0.25) is 0 Å². The molecule has 0 bridgehead atoms. The normalized spacial score (nSPS) is 11.1. The Hall–Kier alpha value is -1.91. The van der Waals surface area contributed by atoms with Gasteiger partial charge < -0.3 is 5.73 Å². The Morgan fingerprint density at radius 1 is 1.29 bits per heavy atom. The van der Waals surface area contributed by atoms with E-state index in [1.165, 1.54) is 0 Å². The second-order valence-electron chi connectivity index (χ2n) is 4.52. The van der Waals surface area contributed by atoms with E-state index in [2.05, 4.69) is 28.9 Å². The van der Waals surface area contributed by atoms with Crippen LogP contribution in [0.15, 0.2) is 18.2 Å². The molecule has 2 aromatic heterocycles. The number of nitrogens with two attached hydrogens (primary N) is 1. The molecular weight excluding hydrogens is 214 g/mol. The Labute approximate surface area is 101 Å². The molecule has 17 heavy (non-hydrogen) atoms. The maximum Gasteiger partial charge on any atom is 0.176 e. The number of nitrogens with zero attached hydrogens (tertiary/aromatic N) is 4. The lowest BCUT2D eigenvalue weighted by Crippen LogP contribution is -1.98. The van der Waals surface area contributed by atoms with Crippen LogP contribution in [0.25, 0.3) is 11.5 Å². The van der Waals surface area contributed by atoms with Crippen LogP contribution in [0, 0.1) is 5.92 Å². The molecule has 0 saturated carbocycles. The van der Waals surface area contributed by atoms with Crippen LogP contribution in [0.1, 0.15) is 19.7 Å². The number of hydrogen-bond donors (Lipinski definition) is 1. The SMILES string of the molecule is CC(C)Cc1nc(-c2cccc(N)n2)n(C)n1. The van der Waals surface area contributed by atoms with Crippen molar-refractivity contribution in [2.24, 2.45) is 13.0 Å². The molecule has 0 aromatic carbocycles. The van der Waals surface area contributed by atoms with E-state index in [9.17, 15) is 0 Å². The first-order valence-corrected chi connectivity index (χ1v) is 5.69. The van der Waals surface area contributed by atoms with E-state index in [0.29, 0.717) is 11.7 Å². The zero-order valence-electron chi connectivity index (χ0n) is 10.4. The molecule has 0 amide bonds. The Morgan fingerprint density at radius 3 is 2.71 bits per heavy atom. The van der Waals surface area contributed by atoms with E-state index in [1.54, 1.807) is 10.7 Å². The van der Waals surface area contributed by atoms with E-state index >= 15 is 0 Å². The minimum absolute atomic E-state index is 0.496. The van der Waals surface area contributed by atoms with Crippen molar-refractivity contribution < 1.29 is 0 Å². The van der Waals surface area contributed by atoms with Crippen molar-refractivity contribution in [2.45, 2.75) is 20.3 Å². The lowest BCUT2D eigenvalue weighted by atomic mass is 10.1. The minimum Gasteiger partial charge on any atom is -0.384 e. The van der Waals surface area contributed by atoms with Crippen molar-refractivity contribution in [1.29, 1.82) is 0 Å². The predicted molar refractivity (Wildman–Crippen MR) is 67.2 cm³/mol. The Morgan fingerprint density at radius 2 is 2.06 bits per heavy atom. The van der Waals surface area contributed by atoms with Crippen LogP contribution in [-0.2, 0) is 13.5 Å². The molecule has 0 aliphatic carbocycles. The van der Waals surface area contributed by atoms with Gasteiger partial charge >= 0.3 is 0 Å². The van der Waals surface area contributed by atoms with Gasteiger partial charge in [0.05, 0.1) is 0 Å². The summed E-state index contributed by atoms with van der Waals surface area (Å²) >= 11 is 0. The molecular formula is C12H17N5. The highest BCUT2D eigenvalue weighted by atomic mass is 15.3. The average molecular weight is 231 g/mol. The third-order valence-electron chi connectivity index (χ3n) is 2.40. The molecule has 2 aromatic rings. The summed E-state index contributed by atoms with van der Waals surface area (Å²) in [5, 5.41) is 4.38. The Balaban J connectivity index is 2.36. The summed E-state index contributed by atoms with van der Waals surface area (Å²) in [6, 6.07) is 5.52. The first-order chi connectivity index (χ1) is 8.06. The van der Waals surface area contributed by atoms with Gasteiger partial charge in [-0.15, -0.1) is 0 Å². The fraction of sp³-hybridized carbons (Fsp3) is 0.417. The highest BCUT2D eigenvalue weighted by Gasteiger charge is 2.11. The number of nitrogen functional groups attached to an aromatic ring is 1. The highest BCUT2D eigenvalue weighted by molar-refractivity contribution is 5.52. The van der Waals surface area contributed by atoms with Crippen LogP contribution in [0.5, 0.6) is 0 Å². The topological polar surface area (TPSA) is 69.6 Å². The number of rotatable bonds is 3. The quantitative estimate of drug-likeness (QED) is 0.872. The maximum atomic E-state index is 5.66. The molecule has 90 valence electrons. The van der Waals surface area contributed by atoms with Gasteiger partial charge in [0.2, 0.25) is 0 Å². The molecule has 0 saturated heterocycles. The van der Waals surface area contributed by atoms with Crippen LogP contribution in [0.3, 0.4) is 0 Å². The third kappa shape index (κ3) is 2.61. The molecule has 0 unspecified atom stereocenters. The third-order valence-corrected chi connectivity index (χ3v) is 2.40. The predicted octanol–water partition coefficient (Wildman–Crippen LogP) is 1.66. The van der Waals surface area contributed by atoms with Gasteiger partial charge in [-0.1, -0.05) is 19.9 Å². The standard InChI is InChI=1S/C12H17N5/c1-8(2)7-11-15-12(17(3)16-11)9-5-4-6-10(13)14-9/h4-6,8H,7H2,1-3H3,(H2,13,14). The van der Waals surface area contributed by atoms with Gasteiger partial charge in [0, 0.05) is 13.5 Å². The van der Waals surface area contributed by atoms with Gasteiger partial charge in [-0.2, -0.15) is 5.10 Å². The Bertz CT molecular complexity index is 515. The molecule has 0 atom stereocenters. The summed E-state index contributed by atoms with van der Waals surface area (Å²) in [6.07, 6.45) is 0.871. The molecule has 0 radical (unpaired) electrons. The molecule has 2 heterocycles. The molecule has 0 spiro atoms. The zero-order valence-corrected chi connectivity index (χ0v) is 10.4. The smallest absolute Gasteiger partial charge is 0.176 e. The number of aryl methyl sites for hydroxylation is 1. The van der Waals surface area contributed by atoms with Crippen LogP contribution in [0.4, 0.5) is 5.82 Å². The van der Waals surface area contributed by atoms with Gasteiger partial charge in [-0.25, -0.2) is 14.6 Å². The summed E-state index contributed by atoms with van der Waals surface area (Å²) in [6.45, 7) is 4.30. The molecule has 0 aliphatic heterocycles. The monoisotopic (exact) mass is 231 g/mol. The lowest BCUT2D eigenvalue weighted by molar-refractivity contribution is 0.613. The molecule has 0 aliphatic rings. The molecule has 2 rings (SSSR count). The largest absolute Gasteiger partial charge is 0.384 e. The van der Waals surface area contributed by atoms with Crippen LogP contribution >= 0.6 is 0 Å². The second kappa shape index (κ2) is 4.53. The van der Waals surface area contributed by atoms with Crippen LogP contribution < -0.4 is 5.73 Å². The first kappa shape index (κ1) is 11.6. The zero-order chi connectivity index (χ0) is 12.4. The summed E-state index contributed by atoms with van der Waals surface area (Å²) in [5.41, 5.74) is 6.42. The molecule has 2 N–H and O–H groups in total. The highest BCUT2D eigenvalue weighted by Crippen LogP contribution is 2.16. The van der Waals surface area contributed by atoms with Crippen molar-refractivity contribution in [1.82, 2.24) is 19.7 Å². The summed E-state index contributed by atoms with van der Waals surface area (Å²) in [7, 11) is 1.87. The van der Waals surface area contributed by atoms with Crippen molar-refractivity contribution in [3.8, 4) is 11.5 Å². The number of aromatic nitrogens is 4. The second-order valence-corrected chi connectivity index (χ2v) is 4.52. The molecule has 5 heteroatoms. The summed E-state index contributed by atoms with van der Waals surface area (Å²) in [4.78, 5) is 8.75. The van der Waals surface area contributed by atoms with Gasteiger partial charge in [-0.05, 0) is 18.1 Å². The number of hydrogen-bond acceptors (Lipinski definition) is 4. The van der Waals surface area contributed by atoms with Gasteiger partial charge in [0.1, 0.15) is 11.5 Å². The van der Waals surface area contributed by atoms with Crippen molar-refractivity contribution in [2.75, 3.05) is 5.73 Å². The van der Waals surface area contributed by atoms with E-state index in [0.717, 1.165) is 23.8 Å². The average Bonchev–Trinajstić information content (AvgIpc) is 2.58. The van der Waals surface area contributed by atoms with E-state index in [1.807, 2.05) is 19.2 Å². The van der Waals surface area contributed by atoms with Crippen molar-refractivity contribution in [3.63, 3.8) is 0 Å². The Kier molecular flexibility index (Phi) is 3.08. The summed E-state index contributed by atoms with van der Waals surface area (Å²) < 4.78 is 1.75. The minimum atomic E-state index is 0.496. The van der Waals surface area contributed by atoms with E-state index < -0.39 is 0 Å². The molecule has 0 fully saturated rings. The van der Waals surface area contributed by atoms with E-state index in [-0.39, 0.29) is 0 Å². The summed E-state index contributed by atoms with van der Waals surface area (Å²) in [5.74, 6) is 2.64. The van der Waals surface area contributed by atoms with Gasteiger partial charge in [0.25, 0.3) is 0 Å². The van der Waals surface area contributed by atoms with Crippen molar-refractivity contribution >= 4 is 5.82 Å². The van der Waals surface area contributed by atoms with Crippen molar-refractivity contribution in [3.05, 3.63) is 24.0 Å². The first-order valence-electron chi connectivity index (χ1n) is 5.69. The fourth-order valence-corrected chi connectivity index (χ4v) is 1.69. The van der Waals surface area contributed by atoms with Gasteiger partial charge in [0.15, 0.2) is 11.6 Å². The maximum absolute atomic E-state index is 5.66. The van der Waals surface area contributed by atoms with Crippen LogP contribution in [-0.4, -0.2) is 19.7 Å². The lowest BCUT2D eigenvalue weighted by Gasteiger charge is -1.99. The van der Waals surface area contributed by atoms with Gasteiger partial charge in [-0.3, -0.25) is 0 Å². The number of anilines is 1. The fourth-order valence-electron chi connectivity index (χ4n) is 1.69.